The SMILES string of the molecule is CSc1nc2n(Cc3ccc(C#N)nc3)c(C)cc(=O)n2n1. The van der Waals surface area contributed by atoms with Gasteiger partial charge in [-0.2, -0.15) is 14.8 Å². The van der Waals surface area contributed by atoms with Crippen molar-refractivity contribution in [2.75, 3.05) is 6.26 Å². The highest BCUT2D eigenvalue weighted by atomic mass is 32.2. The Balaban J connectivity index is 2.11. The van der Waals surface area contributed by atoms with Crippen LogP contribution in [0.15, 0.2) is 34.3 Å². The minimum atomic E-state index is -0.200. The van der Waals surface area contributed by atoms with Crippen LogP contribution >= 0.6 is 11.8 Å². The summed E-state index contributed by atoms with van der Waals surface area (Å²) >= 11 is 1.39. The van der Waals surface area contributed by atoms with Gasteiger partial charge in [-0.3, -0.25) is 4.79 Å². The van der Waals surface area contributed by atoms with E-state index in [1.807, 2.05) is 29.9 Å². The maximum atomic E-state index is 12.0. The first-order valence-electron chi connectivity index (χ1n) is 6.48. The zero-order chi connectivity index (χ0) is 15.7. The lowest BCUT2D eigenvalue weighted by atomic mass is 10.2. The van der Waals surface area contributed by atoms with Crippen molar-refractivity contribution >= 4 is 17.5 Å². The number of aromatic nitrogens is 5. The van der Waals surface area contributed by atoms with E-state index in [-0.39, 0.29) is 5.56 Å². The molecule has 0 aliphatic heterocycles. The zero-order valence-electron chi connectivity index (χ0n) is 12.0. The van der Waals surface area contributed by atoms with Gasteiger partial charge >= 0.3 is 0 Å². The van der Waals surface area contributed by atoms with Crippen LogP contribution in [0.3, 0.4) is 0 Å². The first-order valence-corrected chi connectivity index (χ1v) is 7.71. The van der Waals surface area contributed by atoms with Crippen molar-refractivity contribution in [2.45, 2.75) is 18.6 Å². The lowest BCUT2D eigenvalue weighted by Crippen LogP contribution is -2.20. The Labute approximate surface area is 130 Å². The average Bonchev–Trinajstić information content (AvgIpc) is 2.97. The van der Waals surface area contributed by atoms with Crippen molar-refractivity contribution in [2.24, 2.45) is 0 Å². The molecule has 0 fully saturated rings. The van der Waals surface area contributed by atoms with Gasteiger partial charge in [-0.15, -0.1) is 5.10 Å². The first kappa shape index (κ1) is 14.3. The van der Waals surface area contributed by atoms with Gasteiger partial charge in [0.05, 0.1) is 6.54 Å². The Morgan fingerprint density at radius 1 is 1.41 bits per heavy atom. The highest BCUT2D eigenvalue weighted by molar-refractivity contribution is 7.98. The molecule has 0 amide bonds. The third-order valence-electron chi connectivity index (χ3n) is 3.24. The molecule has 3 heterocycles. The topological polar surface area (TPSA) is 88.9 Å². The summed E-state index contributed by atoms with van der Waals surface area (Å²) in [6.45, 7) is 2.35. The number of rotatable bonds is 3. The van der Waals surface area contributed by atoms with Crippen LogP contribution < -0.4 is 5.56 Å². The Kier molecular flexibility index (Phi) is 3.65. The van der Waals surface area contributed by atoms with Gasteiger partial charge in [-0.05, 0) is 24.8 Å². The monoisotopic (exact) mass is 312 g/mol. The lowest BCUT2D eigenvalue weighted by Gasteiger charge is -2.11. The van der Waals surface area contributed by atoms with Crippen LogP contribution in [0.1, 0.15) is 17.0 Å². The second-order valence-electron chi connectivity index (χ2n) is 4.68. The minimum absolute atomic E-state index is 0.200. The number of pyridine rings is 1. The zero-order valence-corrected chi connectivity index (χ0v) is 12.8. The van der Waals surface area contributed by atoms with E-state index in [4.69, 9.17) is 5.26 Å². The highest BCUT2D eigenvalue weighted by Crippen LogP contribution is 2.13. The van der Waals surface area contributed by atoms with E-state index in [2.05, 4.69) is 15.1 Å². The molecule has 0 atom stereocenters. The van der Waals surface area contributed by atoms with Crippen molar-refractivity contribution in [3.8, 4) is 6.07 Å². The fourth-order valence-corrected chi connectivity index (χ4v) is 2.47. The minimum Gasteiger partial charge on any atom is -0.310 e. The lowest BCUT2D eigenvalue weighted by molar-refractivity contribution is 0.727. The molecule has 110 valence electrons. The molecule has 7 nitrogen and oxygen atoms in total. The molecule has 0 unspecified atom stereocenters. The van der Waals surface area contributed by atoms with Crippen LogP contribution in [-0.4, -0.2) is 30.4 Å². The molecule has 0 saturated heterocycles. The van der Waals surface area contributed by atoms with Gasteiger partial charge in [0.2, 0.25) is 10.9 Å². The van der Waals surface area contributed by atoms with E-state index >= 15 is 0 Å². The molecule has 3 aromatic rings. The Morgan fingerprint density at radius 3 is 2.86 bits per heavy atom. The van der Waals surface area contributed by atoms with E-state index in [1.54, 1.807) is 12.3 Å². The maximum Gasteiger partial charge on any atom is 0.275 e. The molecule has 22 heavy (non-hydrogen) atoms. The summed E-state index contributed by atoms with van der Waals surface area (Å²) in [5.74, 6) is 0.499. The first-order chi connectivity index (χ1) is 10.6. The molecule has 0 radical (unpaired) electrons. The molecule has 0 saturated carbocycles. The third kappa shape index (κ3) is 2.46. The fourth-order valence-electron chi connectivity index (χ4n) is 2.13. The molecule has 0 N–H and O–H groups in total. The summed E-state index contributed by atoms with van der Waals surface area (Å²) < 4.78 is 3.20. The number of hydrogen-bond acceptors (Lipinski definition) is 6. The molecule has 0 bridgehead atoms. The Hall–Kier alpha value is -2.66. The summed E-state index contributed by atoms with van der Waals surface area (Å²) in [6.07, 6.45) is 3.51. The highest BCUT2D eigenvalue weighted by Gasteiger charge is 2.12. The summed E-state index contributed by atoms with van der Waals surface area (Å²) in [6, 6.07) is 7.03. The van der Waals surface area contributed by atoms with Gasteiger partial charge in [-0.25, -0.2) is 4.98 Å². The van der Waals surface area contributed by atoms with Crippen molar-refractivity contribution in [1.29, 1.82) is 5.26 Å². The van der Waals surface area contributed by atoms with E-state index in [1.165, 1.54) is 22.3 Å². The average molecular weight is 312 g/mol. The fraction of sp³-hybridized carbons (Fsp3) is 0.214. The maximum absolute atomic E-state index is 12.0. The van der Waals surface area contributed by atoms with Gasteiger partial charge in [0.1, 0.15) is 11.8 Å². The molecular weight excluding hydrogens is 300 g/mol. The molecule has 0 aliphatic rings. The summed E-state index contributed by atoms with van der Waals surface area (Å²) in [5, 5.41) is 13.5. The molecule has 0 aliphatic carbocycles. The Bertz CT molecular complexity index is 935. The normalized spacial score (nSPS) is 10.8. The molecular formula is C14H12N6OS. The molecule has 3 rings (SSSR count). The molecule has 8 heteroatoms. The number of nitrogens with zero attached hydrogens (tertiary/aromatic N) is 6. The van der Waals surface area contributed by atoms with Gasteiger partial charge in [0.15, 0.2) is 0 Å². The number of aryl methyl sites for hydroxylation is 1. The number of thioether (sulfide) groups is 1. The predicted octanol–water partition coefficient (Wildman–Crippen LogP) is 1.24. The van der Waals surface area contributed by atoms with Gasteiger partial charge in [0.25, 0.3) is 5.56 Å². The van der Waals surface area contributed by atoms with Gasteiger partial charge in [0, 0.05) is 18.0 Å². The number of fused-ring (bicyclic) bond motifs is 1. The third-order valence-corrected chi connectivity index (χ3v) is 3.78. The molecule has 0 aromatic carbocycles. The Morgan fingerprint density at radius 2 is 2.23 bits per heavy atom. The van der Waals surface area contributed by atoms with E-state index < -0.39 is 0 Å². The van der Waals surface area contributed by atoms with Crippen LogP contribution in [0.5, 0.6) is 0 Å². The van der Waals surface area contributed by atoms with E-state index in [0.29, 0.717) is 23.2 Å². The summed E-state index contributed by atoms with van der Waals surface area (Å²) in [5.41, 5.74) is 1.88. The van der Waals surface area contributed by atoms with Crippen molar-refractivity contribution in [3.05, 3.63) is 51.7 Å². The predicted molar refractivity (Wildman–Crippen MR) is 81.8 cm³/mol. The van der Waals surface area contributed by atoms with Crippen molar-refractivity contribution in [3.63, 3.8) is 0 Å². The second-order valence-corrected chi connectivity index (χ2v) is 5.46. The van der Waals surface area contributed by atoms with Crippen LogP contribution in [0.25, 0.3) is 5.78 Å². The smallest absolute Gasteiger partial charge is 0.275 e. The van der Waals surface area contributed by atoms with Crippen LogP contribution in [0.2, 0.25) is 0 Å². The van der Waals surface area contributed by atoms with Crippen molar-refractivity contribution in [1.82, 2.24) is 24.1 Å². The van der Waals surface area contributed by atoms with Crippen LogP contribution in [0, 0.1) is 18.3 Å². The second kappa shape index (κ2) is 5.61. The number of hydrogen-bond donors (Lipinski definition) is 0. The van der Waals surface area contributed by atoms with Crippen LogP contribution in [0.4, 0.5) is 0 Å². The largest absolute Gasteiger partial charge is 0.310 e. The van der Waals surface area contributed by atoms with Gasteiger partial charge in [-0.1, -0.05) is 17.8 Å². The van der Waals surface area contributed by atoms with E-state index in [0.717, 1.165) is 11.3 Å². The van der Waals surface area contributed by atoms with Gasteiger partial charge < -0.3 is 4.57 Å². The number of nitriles is 1. The standard InChI is InChI=1S/C14H12N6OS/c1-9-5-12(21)20-14(17-13(18-20)22-2)19(9)8-10-3-4-11(6-15)16-7-10/h3-5,7H,8H2,1-2H3. The summed E-state index contributed by atoms with van der Waals surface area (Å²) in [7, 11) is 0. The van der Waals surface area contributed by atoms with Crippen LogP contribution in [-0.2, 0) is 6.54 Å². The summed E-state index contributed by atoms with van der Waals surface area (Å²) in [4.78, 5) is 20.5. The molecule has 0 spiro atoms. The quantitative estimate of drug-likeness (QED) is 0.676. The van der Waals surface area contributed by atoms with Crippen molar-refractivity contribution < 1.29 is 0 Å². The van der Waals surface area contributed by atoms with E-state index in [9.17, 15) is 4.79 Å². The molecule has 3 aromatic heterocycles.